The van der Waals surface area contributed by atoms with Gasteiger partial charge < -0.3 is 10.1 Å². The number of rotatable bonds is 4. The van der Waals surface area contributed by atoms with E-state index < -0.39 is 5.97 Å². The normalized spacial score (nSPS) is 21.4. The smallest absolute Gasteiger partial charge is 0.306 e. The first kappa shape index (κ1) is 16.1. The van der Waals surface area contributed by atoms with Crippen molar-refractivity contribution in [2.75, 3.05) is 0 Å². The Morgan fingerprint density at radius 1 is 1.35 bits per heavy atom. The van der Waals surface area contributed by atoms with Crippen LogP contribution >= 0.6 is 11.8 Å². The summed E-state index contributed by atoms with van der Waals surface area (Å²) in [6.45, 7) is 1.96. The Bertz CT molecular complexity index is 779. The molecule has 3 rings (SSSR count). The van der Waals surface area contributed by atoms with Gasteiger partial charge in [-0.15, -0.1) is 0 Å². The van der Waals surface area contributed by atoms with Crippen LogP contribution in [-0.4, -0.2) is 26.3 Å². The molecule has 1 fully saturated rings. The molecule has 23 heavy (non-hydrogen) atoms. The van der Waals surface area contributed by atoms with Gasteiger partial charge in [-0.2, -0.15) is 11.8 Å². The molecule has 1 aliphatic carbocycles. The number of benzene rings is 1. The molecule has 1 aromatic carbocycles. The van der Waals surface area contributed by atoms with Crippen LogP contribution in [0.3, 0.4) is 0 Å². The van der Waals surface area contributed by atoms with Gasteiger partial charge in [0.25, 0.3) is 5.56 Å². The number of aromatic amines is 1. The van der Waals surface area contributed by atoms with E-state index >= 15 is 0 Å². The molecule has 0 saturated heterocycles. The molecule has 5 nitrogen and oxygen atoms in total. The minimum absolute atomic E-state index is 0.0936. The van der Waals surface area contributed by atoms with Gasteiger partial charge in [-0.25, -0.2) is 4.98 Å². The summed E-state index contributed by atoms with van der Waals surface area (Å²) < 4.78 is 0. The van der Waals surface area contributed by atoms with Crippen molar-refractivity contribution in [3.63, 3.8) is 0 Å². The van der Waals surface area contributed by atoms with Gasteiger partial charge in [0.2, 0.25) is 0 Å². The molecule has 0 bridgehead atoms. The van der Waals surface area contributed by atoms with Crippen LogP contribution in [0.4, 0.5) is 0 Å². The molecule has 0 amide bonds. The average molecular weight is 332 g/mol. The maximum absolute atomic E-state index is 12.2. The first-order valence-electron chi connectivity index (χ1n) is 7.87. The number of para-hydroxylation sites is 1. The van der Waals surface area contributed by atoms with Crippen molar-refractivity contribution in [1.29, 1.82) is 0 Å². The van der Waals surface area contributed by atoms with E-state index in [-0.39, 0.29) is 11.5 Å². The van der Waals surface area contributed by atoms with Crippen LogP contribution in [0.2, 0.25) is 0 Å². The Morgan fingerprint density at radius 3 is 2.78 bits per heavy atom. The molecule has 0 radical (unpaired) electrons. The monoisotopic (exact) mass is 332 g/mol. The first-order valence-corrected chi connectivity index (χ1v) is 8.92. The molecule has 0 atom stereocenters. The number of carboxylic acids is 1. The molecular formula is C17H20N2O3S. The lowest BCUT2D eigenvalue weighted by Gasteiger charge is -2.25. The SMILES string of the molecule is Cc1cccc2c(=O)[nH]c(CSC3CCC(C(=O)O)CC3)nc12. The van der Waals surface area contributed by atoms with Gasteiger partial charge in [-0.05, 0) is 44.2 Å². The van der Waals surface area contributed by atoms with Crippen LogP contribution < -0.4 is 5.56 Å². The highest BCUT2D eigenvalue weighted by atomic mass is 32.2. The number of carbonyl (C=O) groups is 1. The van der Waals surface area contributed by atoms with Crippen molar-refractivity contribution < 1.29 is 9.90 Å². The third-order valence-electron chi connectivity index (χ3n) is 4.47. The largest absolute Gasteiger partial charge is 0.481 e. The van der Waals surface area contributed by atoms with Crippen LogP contribution in [-0.2, 0) is 10.5 Å². The topological polar surface area (TPSA) is 83.0 Å². The summed E-state index contributed by atoms with van der Waals surface area (Å²) in [5.41, 5.74) is 1.67. The Balaban J connectivity index is 1.67. The third kappa shape index (κ3) is 3.58. The number of aromatic nitrogens is 2. The fraction of sp³-hybridized carbons (Fsp3) is 0.471. The predicted molar refractivity (Wildman–Crippen MR) is 91.8 cm³/mol. The molecule has 1 saturated carbocycles. The molecule has 2 aromatic rings. The minimum atomic E-state index is -0.676. The fourth-order valence-electron chi connectivity index (χ4n) is 3.09. The number of hydrogen-bond acceptors (Lipinski definition) is 4. The molecule has 0 unspecified atom stereocenters. The molecule has 122 valence electrons. The molecule has 1 aliphatic rings. The lowest BCUT2D eigenvalue weighted by molar-refractivity contribution is -0.142. The standard InChI is InChI=1S/C17H20N2O3S/c1-10-3-2-4-13-15(10)18-14(19-16(13)20)9-23-12-7-5-11(6-8-12)17(21)22/h2-4,11-12H,5-9H2,1H3,(H,21,22)(H,18,19,20). The van der Waals surface area contributed by atoms with E-state index in [0.29, 0.717) is 22.2 Å². The van der Waals surface area contributed by atoms with Gasteiger partial charge in [0, 0.05) is 5.25 Å². The van der Waals surface area contributed by atoms with E-state index in [0.717, 1.165) is 36.8 Å². The summed E-state index contributed by atoms with van der Waals surface area (Å²) in [5.74, 6) is 0.488. The van der Waals surface area contributed by atoms with E-state index in [1.807, 2.05) is 19.1 Å². The van der Waals surface area contributed by atoms with Crippen molar-refractivity contribution >= 4 is 28.6 Å². The number of fused-ring (bicyclic) bond motifs is 1. The number of carboxylic acid groups (broad SMARTS) is 1. The number of aliphatic carboxylic acids is 1. The number of nitrogens with zero attached hydrogens (tertiary/aromatic N) is 1. The summed E-state index contributed by atoms with van der Waals surface area (Å²) in [6, 6.07) is 5.61. The fourth-order valence-corrected chi connectivity index (χ4v) is 4.23. The highest BCUT2D eigenvalue weighted by molar-refractivity contribution is 7.99. The second kappa shape index (κ2) is 6.74. The van der Waals surface area contributed by atoms with Crippen LogP contribution in [0, 0.1) is 12.8 Å². The molecule has 6 heteroatoms. The van der Waals surface area contributed by atoms with E-state index in [4.69, 9.17) is 5.11 Å². The zero-order valence-corrected chi connectivity index (χ0v) is 13.9. The van der Waals surface area contributed by atoms with E-state index in [2.05, 4.69) is 9.97 Å². The average Bonchev–Trinajstić information content (AvgIpc) is 2.54. The van der Waals surface area contributed by atoms with Crippen LogP contribution in [0.1, 0.15) is 37.1 Å². The van der Waals surface area contributed by atoms with Gasteiger partial charge in [0.15, 0.2) is 0 Å². The number of thioether (sulfide) groups is 1. The second-order valence-electron chi connectivity index (χ2n) is 6.11. The summed E-state index contributed by atoms with van der Waals surface area (Å²) in [6.07, 6.45) is 3.32. The quantitative estimate of drug-likeness (QED) is 0.899. The van der Waals surface area contributed by atoms with Crippen LogP contribution in [0.5, 0.6) is 0 Å². The molecule has 0 aliphatic heterocycles. The van der Waals surface area contributed by atoms with Gasteiger partial charge in [0.05, 0.1) is 22.6 Å². The predicted octanol–water partition coefficient (Wildman–Crippen LogP) is 3.11. The molecule has 2 N–H and O–H groups in total. The molecule has 1 heterocycles. The maximum Gasteiger partial charge on any atom is 0.306 e. The summed E-state index contributed by atoms with van der Waals surface area (Å²) in [4.78, 5) is 30.6. The summed E-state index contributed by atoms with van der Waals surface area (Å²) in [5, 5.41) is 10.1. The van der Waals surface area contributed by atoms with E-state index in [1.165, 1.54) is 0 Å². The number of H-pyrrole nitrogens is 1. The van der Waals surface area contributed by atoms with Gasteiger partial charge in [-0.1, -0.05) is 12.1 Å². The van der Waals surface area contributed by atoms with E-state index in [9.17, 15) is 9.59 Å². The number of hydrogen-bond donors (Lipinski definition) is 2. The summed E-state index contributed by atoms with van der Waals surface area (Å²) >= 11 is 1.76. The third-order valence-corrected chi connectivity index (χ3v) is 5.85. The minimum Gasteiger partial charge on any atom is -0.481 e. The Morgan fingerprint density at radius 2 is 2.09 bits per heavy atom. The van der Waals surface area contributed by atoms with Crippen molar-refractivity contribution in [2.24, 2.45) is 5.92 Å². The van der Waals surface area contributed by atoms with Gasteiger partial charge in [-0.3, -0.25) is 9.59 Å². The Hall–Kier alpha value is -1.82. The highest BCUT2D eigenvalue weighted by Crippen LogP contribution is 2.33. The lowest BCUT2D eigenvalue weighted by atomic mass is 9.89. The molecular weight excluding hydrogens is 312 g/mol. The van der Waals surface area contributed by atoms with Crippen LogP contribution in [0.15, 0.2) is 23.0 Å². The second-order valence-corrected chi connectivity index (χ2v) is 7.40. The maximum atomic E-state index is 12.2. The first-order chi connectivity index (χ1) is 11.0. The Kier molecular flexibility index (Phi) is 4.71. The van der Waals surface area contributed by atoms with Crippen molar-refractivity contribution in [3.05, 3.63) is 39.9 Å². The zero-order chi connectivity index (χ0) is 16.4. The highest BCUT2D eigenvalue weighted by Gasteiger charge is 2.26. The summed E-state index contributed by atoms with van der Waals surface area (Å²) in [7, 11) is 0. The molecule has 0 spiro atoms. The van der Waals surface area contributed by atoms with Crippen molar-refractivity contribution in [2.45, 2.75) is 43.6 Å². The zero-order valence-electron chi connectivity index (χ0n) is 13.0. The molecule has 1 aromatic heterocycles. The lowest BCUT2D eigenvalue weighted by Crippen LogP contribution is -2.22. The number of aryl methyl sites for hydroxylation is 1. The van der Waals surface area contributed by atoms with Crippen molar-refractivity contribution in [3.8, 4) is 0 Å². The Labute approximate surface area is 138 Å². The van der Waals surface area contributed by atoms with Gasteiger partial charge >= 0.3 is 5.97 Å². The van der Waals surface area contributed by atoms with Gasteiger partial charge in [0.1, 0.15) is 5.82 Å². The van der Waals surface area contributed by atoms with Crippen LogP contribution in [0.25, 0.3) is 10.9 Å². The number of nitrogens with one attached hydrogen (secondary N) is 1. The van der Waals surface area contributed by atoms with E-state index in [1.54, 1.807) is 17.8 Å². The van der Waals surface area contributed by atoms with Crippen molar-refractivity contribution in [1.82, 2.24) is 9.97 Å².